The van der Waals surface area contributed by atoms with E-state index in [-0.39, 0.29) is 18.4 Å². The molecule has 0 aromatic carbocycles. The lowest BCUT2D eigenvalue weighted by Crippen LogP contribution is -2.26. The summed E-state index contributed by atoms with van der Waals surface area (Å²) >= 11 is 0. The van der Waals surface area contributed by atoms with Gasteiger partial charge in [0, 0.05) is 25.2 Å². The molecule has 0 saturated carbocycles. The predicted molar refractivity (Wildman–Crippen MR) is 98.0 cm³/mol. The average Bonchev–Trinajstić information content (AvgIpc) is 3.32. The van der Waals surface area contributed by atoms with E-state index in [1.165, 1.54) is 25.9 Å². The maximum absolute atomic E-state index is 12.2. The highest BCUT2D eigenvalue weighted by atomic mass is 16.5. The monoisotopic (exact) mass is 358 g/mol. The Balaban J connectivity index is 1.43. The van der Waals surface area contributed by atoms with E-state index in [4.69, 9.17) is 4.52 Å². The summed E-state index contributed by atoms with van der Waals surface area (Å²) in [5.41, 5.74) is 0.502. The van der Waals surface area contributed by atoms with Crippen molar-refractivity contribution >= 4 is 11.7 Å². The molecule has 0 atom stereocenters. The van der Waals surface area contributed by atoms with Gasteiger partial charge in [-0.05, 0) is 38.1 Å². The quantitative estimate of drug-likeness (QED) is 0.745. The minimum atomic E-state index is -0.211. The van der Waals surface area contributed by atoms with Crippen LogP contribution in [0.4, 0.5) is 5.82 Å². The molecule has 3 heterocycles. The second-order valence-corrected chi connectivity index (χ2v) is 6.79. The van der Waals surface area contributed by atoms with Gasteiger partial charge < -0.3 is 20.1 Å². The molecule has 1 amide bonds. The molecular formula is C18H26N6O2. The first-order valence-corrected chi connectivity index (χ1v) is 9.15. The van der Waals surface area contributed by atoms with Gasteiger partial charge in [-0.2, -0.15) is 4.98 Å². The molecule has 0 aliphatic carbocycles. The van der Waals surface area contributed by atoms with Crippen molar-refractivity contribution < 1.29 is 9.32 Å². The van der Waals surface area contributed by atoms with Gasteiger partial charge in [0.15, 0.2) is 5.82 Å². The second-order valence-electron chi connectivity index (χ2n) is 6.79. The number of hydrogen-bond donors (Lipinski definition) is 2. The molecule has 2 aromatic rings. The number of likely N-dealkylation sites (tertiary alicyclic amines) is 1. The first kappa shape index (κ1) is 18.3. The van der Waals surface area contributed by atoms with Crippen molar-refractivity contribution in [1.29, 1.82) is 0 Å². The fraction of sp³-hybridized carbons (Fsp3) is 0.556. The van der Waals surface area contributed by atoms with Crippen LogP contribution in [-0.4, -0.2) is 52.1 Å². The van der Waals surface area contributed by atoms with E-state index < -0.39 is 0 Å². The number of pyridine rings is 1. The number of nitrogens with one attached hydrogen (secondary N) is 2. The lowest BCUT2D eigenvalue weighted by atomic mass is 10.2. The SMILES string of the molecule is CC(C)c1nc(CNC(=O)c2ccc(NCCN3CCCC3)nc2)no1. The normalized spacial score (nSPS) is 14.7. The number of anilines is 1. The number of carbonyl (C=O) groups is 1. The molecule has 0 unspecified atom stereocenters. The number of carbonyl (C=O) groups excluding carboxylic acids is 1. The van der Waals surface area contributed by atoms with Gasteiger partial charge >= 0.3 is 0 Å². The molecule has 1 fully saturated rings. The highest BCUT2D eigenvalue weighted by molar-refractivity contribution is 5.93. The van der Waals surface area contributed by atoms with E-state index in [0.29, 0.717) is 17.3 Å². The number of rotatable bonds is 8. The first-order valence-electron chi connectivity index (χ1n) is 9.15. The van der Waals surface area contributed by atoms with Crippen molar-refractivity contribution in [3.05, 3.63) is 35.6 Å². The summed E-state index contributed by atoms with van der Waals surface area (Å²) in [5.74, 6) is 1.77. The van der Waals surface area contributed by atoms with Gasteiger partial charge in [-0.1, -0.05) is 19.0 Å². The van der Waals surface area contributed by atoms with E-state index in [1.807, 2.05) is 19.9 Å². The van der Waals surface area contributed by atoms with Crippen LogP contribution in [0, 0.1) is 0 Å². The molecule has 8 nitrogen and oxygen atoms in total. The van der Waals surface area contributed by atoms with Gasteiger partial charge in [-0.25, -0.2) is 4.98 Å². The molecule has 26 heavy (non-hydrogen) atoms. The van der Waals surface area contributed by atoms with Crippen LogP contribution in [-0.2, 0) is 6.54 Å². The lowest BCUT2D eigenvalue weighted by molar-refractivity contribution is 0.0949. The Labute approximate surface area is 153 Å². The third-order valence-electron chi connectivity index (χ3n) is 4.34. The van der Waals surface area contributed by atoms with E-state index in [2.05, 4.69) is 30.7 Å². The van der Waals surface area contributed by atoms with Crippen molar-refractivity contribution in [2.45, 2.75) is 39.2 Å². The van der Waals surface area contributed by atoms with E-state index in [1.54, 1.807) is 12.3 Å². The molecule has 3 rings (SSSR count). The van der Waals surface area contributed by atoms with Gasteiger partial charge in [-0.3, -0.25) is 4.79 Å². The largest absolute Gasteiger partial charge is 0.369 e. The zero-order valence-corrected chi connectivity index (χ0v) is 15.4. The highest BCUT2D eigenvalue weighted by Crippen LogP contribution is 2.11. The fourth-order valence-electron chi connectivity index (χ4n) is 2.82. The van der Waals surface area contributed by atoms with Gasteiger partial charge in [0.05, 0.1) is 12.1 Å². The van der Waals surface area contributed by atoms with Crippen molar-refractivity contribution in [1.82, 2.24) is 25.3 Å². The Bertz CT molecular complexity index is 707. The third-order valence-corrected chi connectivity index (χ3v) is 4.34. The molecule has 1 aliphatic heterocycles. The summed E-state index contributed by atoms with van der Waals surface area (Å²) < 4.78 is 5.12. The molecule has 8 heteroatoms. The van der Waals surface area contributed by atoms with Crippen LogP contribution in [0.15, 0.2) is 22.9 Å². The van der Waals surface area contributed by atoms with Crippen LogP contribution in [0.3, 0.4) is 0 Å². The zero-order chi connectivity index (χ0) is 18.4. The van der Waals surface area contributed by atoms with E-state index in [9.17, 15) is 4.79 Å². The van der Waals surface area contributed by atoms with Crippen LogP contribution in [0.5, 0.6) is 0 Å². The Morgan fingerprint density at radius 3 is 2.77 bits per heavy atom. The molecule has 140 valence electrons. The van der Waals surface area contributed by atoms with E-state index >= 15 is 0 Å². The Hall–Kier alpha value is -2.48. The molecular weight excluding hydrogens is 332 g/mol. The Morgan fingerprint density at radius 1 is 1.31 bits per heavy atom. The molecule has 1 aliphatic rings. The van der Waals surface area contributed by atoms with Crippen molar-refractivity contribution in [3.63, 3.8) is 0 Å². The molecule has 0 bridgehead atoms. The number of aromatic nitrogens is 3. The summed E-state index contributed by atoms with van der Waals surface area (Å²) in [4.78, 5) is 23.2. The Morgan fingerprint density at radius 2 is 2.12 bits per heavy atom. The van der Waals surface area contributed by atoms with Gasteiger partial charge in [0.1, 0.15) is 5.82 Å². The summed E-state index contributed by atoms with van der Waals surface area (Å²) in [6, 6.07) is 3.58. The summed E-state index contributed by atoms with van der Waals surface area (Å²) in [6.45, 7) is 8.43. The van der Waals surface area contributed by atoms with Gasteiger partial charge in [0.2, 0.25) is 5.89 Å². The molecule has 0 radical (unpaired) electrons. The molecule has 1 saturated heterocycles. The summed E-state index contributed by atoms with van der Waals surface area (Å²) in [6.07, 6.45) is 4.17. The second kappa shape index (κ2) is 8.75. The van der Waals surface area contributed by atoms with Crippen molar-refractivity contribution in [2.75, 3.05) is 31.5 Å². The number of nitrogens with zero attached hydrogens (tertiary/aromatic N) is 4. The van der Waals surface area contributed by atoms with Crippen LogP contribution in [0.1, 0.15) is 54.7 Å². The van der Waals surface area contributed by atoms with Crippen LogP contribution >= 0.6 is 0 Å². The average molecular weight is 358 g/mol. The standard InChI is InChI=1S/C18H26N6O2/c1-13(2)18-22-16(23-26-18)12-21-17(25)14-5-6-15(20-11-14)19-7-10-24-8-3-4-9-24/h5-6,11,13H,3-4,7-10,12H2,1-2H3,(H,19,20)(H,21,25). The Kier molecular flexibility index (Phi) is 6.17. The van der Waals surface area contributed by atoms with Crippen molar-refractivity contribution in [2.24, 2.45) is 0 Å². The maximum atomic E-state index is 12.2. The molecule has 0 spiro atoms. The lowest BCUT2D eigenvalue weighted by Gasteiger charge is -2.15. The smallest absolute Gasteiger partial charge is 0.253 e. The molecule has 2 aromatic heterocycles. The summed E-state index contributed by atoms with van der Waals surface area (Å²) in [5, 5.41) is 9.92. The van der Waals surface area contributed by atoms with Crippen LogP contribution in [0.2, 0.25) is 0 Å². The first-order chi connectivity index (χ1) is 12.6. The summed E-state index contributed by atoms with van der Waals surface area (Å²) in [7, 11) is 0. The molecule has 2 N–H and O–H groups in total. The van der Waals surface area contributed by atoms with Crippen LogP contribution in [0.25, 0.3) is 0 Å². The maximum Gasteiger partial charge on any atom is 0.253 e. The van der Waals surface area contributed by atoms with Gasteiger partial charge in [0.25, 0.3) is 5.91 Å². The topological polar surface area (TPSA) is 96.2 Å². The van der Waals surface area contributed by atoms with Crippen LogP contribution < -0.4 is 10.6 Å². The number of amides is 1. The fourth-order valence-corrected chi connectivity index (χ4v) is 2.82. The van der Waals surface area contributed by atoms with E-state index in [0.717, 1.165) is 18.9 Å². The van der Waals surface area contributed by atoms with Gasteiger partial charge in [-0.15, -0.1) is 0 Å². The zero-order valence-electron chi connectivity index (χ0n) is 15.4. The third kappa shape index (κ3) is 5.01. The van der Waals surface area contributed by atoms with Crippen molar-refractivity contribution in [3.8, 4) is 0 Å². The highest BCUT2D eigenvalue weighted by Gasteiger charge is 2.12. The predicted octanol–water partition coefficient (Wildman–Crippen LogP) is 2.03. The number of hydrogen-bond acceptors (Lipinski definition) is 7. The minimum Gasteiger partial charge on any atom is -0.369 e. The minimum absolute atomic E-state index is 0.168.